The van der Waals surface area contributed by atoms with Gasteiger partial charge in [0.25, 0.3) is 0 Å². The van der Waals surface area contributed by atoms with E-state index in [1.807, 2.05) is 0 Å². The molecule has 1 aromatic carbocycles. The fourth-order valence-corrected chi connectivity index (χ4v) is 1.45. The maximum absolute atomic E-state index is 2.29. The van der Waals surface area contributed by atoms with Crippen molar-refractivity contribution in [1.82, 2.24) is 0 Å². The fourth-order valence-electron chi connectivity index (χ4n) is 1.45. The Morgan fingerprint density at radius 2 is 2.00 bits per heavy atom. The Kier molecular flexibility index (Phi) is 3.86. The van der Waals surface area contributed by atoms with Crippen molar-refractivity contribution in [3.63, 3.8) is 0 Å². The Labute approximate surface area is 75.6 Å². The highest BCUT2D eigenvalue weighted by atomic mass is 14.0. The molecule has 0 aliphatic rings. The van der Waals surface area contributed by atoms with Gasteiger partial charge in [0, 0.05) is 0 Å². The molecule has 0 bridgehead atoms. The zero-order valence-corrected chi connectivity index (χ0v) is 8.14. The van der Waals surface area contributed by atoms with E-state index in [0.717, 1.165) is 0 Å². The standard InChI is InChI=1S/C12H18/c1-3-4-5-8-12-9-6-7-11(2)10-12/h6-7,9-10H,3-5,8H2,1-2H3. The molecule has 0 heteroatoms. The van der Waals surface area contributed by atoms with Crippen molar-refractivity contribution < 1.29 is 0 Å². The highest BCUT2D eigenvalue weighted by molar-refractivity contribution is 5.22. The van der Waals surface area contributed by atoms with E-state index in [1.165, 1.54) is 36.8 Å². The third-order valence-electron chi connectivity index (χ3n) is 2.15. The Bertz CT molecular complexity index is 225. The summed E-state index contributed by atoms with van der Waals surface area (Å²) in [4.78, 5) is 0. The van der Waals surface area contributed by atoms with Crippen LogP contribution in [0.3, 0.4) is 0 Å². The molecule has 0 saturated heterocycles. The third-order valence-corrected chi connectivity index (χ3v) is 2.15. The second-order valence-corrected chi connectivity index (χ2v) is 3.45. The summed E-state index contributed by atoms with van der Waals surface area (Å²) in [6.07, 6.45) is 5.25. The quantitative estimate of drug-likeness (QED) is 0.592. The smallest absolute Gasteiger partial charge is 0.0279 e. The van der Waals surface area contributed by atoms with Gasteiger partial charge < -0.3 is 0 Å². The van der Waals surface area contributed by atoms with Crippen molar-refractivity contribution in [2.75, 3.05) is 0 Å². The summed E-state index contributed by atoms with van der Waals surface area (Å²) in [6.45, 7) is 4.40. The molecular weight excluding hydrogens is 144 g/mol. The summed E-state index contributed by atoms with van der Waals surface area (Å²) in [6, 6.07) is 8.82. The molecule has 12 heavy (non-hydrogen) atoms. The summed E-state index contributed by atoms with van der Waals surface area (Å²) in [5, 5.41) is 0. The fraction of sp³-hybridized carbons (Fsp3) is 0.500. The van der Waals surface area contributed by atoms with Crippen LogP contribution in [0.1, 0.15) is 37.3 Å². The second-order valence-electron chi connectivity index (χ2n) is 3.45. The lowest BCUT2D eigenvalue weighted by molar-refractivity contribution is 0.717. The van der Waals surface area contributed by atoms with E-state index in [9.17, 15) is 0 Å². The minimum absolute atomic E-state index is 1.25. The molecule has 0 aromatic heterocycles. The zero-order valence-electron chi connectivity index (χ0n) is 8.14. The van der Waals surface area contributed by atoms with Crippen molar-refractivity contribution in [1.29, 1.82) is 0 Å². The van der Waals surface area contributed by atoms with Crippen LogP contribution >= 0.6 is 0 Å². The summed E-state index contributed by atoms with van der Waals surface area (Å²) in [5.74, 6) is 0. The lowest BCUT2D eigenvalue weighted by atomic mass is 10.1. The van der Waals surface area contributed by atoms with Crippen molar-refractivity contribution in [3.8, 4) is 0 Å². The molecule has 0 heterocycles. The molecule has 0 amide bonds. The first kappa shape index (κ1) is 9.31. The van der Waals surface area contributed by atoms with Gasteiger partial charge in [-0.25, -0.2) is 0 Å². The van der Waals surface area contributed by atoms with Crippen molar-refractivity contribution >= 4 is 0 Å². The first-order valence-electron chi connectivity index (χ1n) is 4.88. The van der Waals surface area contributed by atoms with E-state index in [4.69, 9.17) is 0 Å². The Morgan fingerprint density at radius 1 is 1.17 bits per heavy atom. The van der Waals surface area contributed by atoms with Gasteiger partial charge in [0.2, 0.25) is 0 Å². The van der Waals surface area contributed by atoms with Gasteiger partial charge >= 0.3 is 0 Å². The van der Waals surface area contributed by atoms with Crippen molar-refractivity contribution in [2.45, 2.75) is 39.5 Å². The number of aryl methyl sites for hydroxylation is 2. The first-order valence-corrected chi connectivity index (χ1v) is 4.88. The highest BCUT2D eigenvalue weighted by Crippen LogP contribution is 2.08. The number of hydrogen-bond acceptors (Lipinski definition) is 0. The van der Waals surface area contributed by atoms with Crippen LogP contribution in [0, 0.1) is 6.92 Å². The van der Waals surface area contributed by atoms with Crippen LogP contribution in [-0.4, -0.2) is 0 Å². The van der Waals surface area contributed by atoms with Gasteiger partial charge in [-0.1, -0.05) is 49.6 Å². The molecule has 0 atom stereocenters. The molecule has 0 nitrogen and oxygen atoms in total. The van der Waals surface area contributed by atoms with Gasteiger partial charge in [0.05, 0.1) is 0 Å². The summed E-state index contributed by atoms with van der Waals surface area (Å²) in [5.41, 5.74) is 2.87. The van der Waals surface area contributed by atoms with Crippen molar-refractivity contribution in [3.05, 3.63) is 35.4 Å². The molecule has 1 aromatic rings. The molecule has 0 spiro atoms. The van der Waals surface area contributed by atoms with Crippen LogP contribution in [0.15, 0.2) is 24.3 Å². The van der Waals surface area contributed by atoms with Gasteiger partial charge in [0.15, 0.2) is 0 Å². The van der Waals surface area contributed by atoms with E-state index < -0.39 is 0 Å². The molecular formula is C12H18. The van der Waals surface area contributed by atoms with E-state index in [1.54, 1.807) is 0 Å². The van der Waals surface area contributed by atoms with Crippen LogP contribution in [0.4, 0.5) is 0 Å². The summed E-state index contributed by atoms with van der Waals surface area (Å²) < 4.78 is 0. The Balaban J connectivity index is 2.41. The zero-order chi connectivity index (χ0) is 8.81. The van der Waals surface area contributed by atoms with E-state index in [2.05, 4.69) is 38.1 Å². The number of benzene rings is 1. The van der Waals surface area contributed by atoms with Crippen LogP contribution in [-0.2, 0) is 6.42 Å². The topological polar surface area (TPSA) is 0 Å². The molecule has 0 fully saturated rings. The van der Waals surface area contributed by atoms with Gasteiger partial charge in [-0.15, -0.1) is 0 Å². The van der Waals surface area contributed by atoms with E-state index in [-0.39, 0.29) is 0 Å². The minimum atomic E-state index is 1.25. The lowest BCUT2D eigenvalue weighted by Gasteiger charge is -2.00. The van der Waals surface area contributed by atoms with Gasteiger partial charge in [-0.3, -0.25) is 0 Å². The molecule has 0 aliphatic heterocycles. The normalized spacial score (nSPS) is 10.2. The number of rotatable bonds is 4. The molecule has 0 aliphatic carbocycles. The van der Waals surface area contributed by atoms with Gasteiger partial charge in [-0.2, -0.15) is 0 Å². The minimum Gasteiger partial charge on any atom is -0.0654 e. The van der Waals surface area contributed by atoms with E-state index >= 15 is 0 Å². The monoisotopic (exact) mass is 162 g/mol. The predicted octanol–water partition coefficient (Wildman–Crippen LogP) is 3.73. The predicted molar refractivity (Wildman–Crippen MR) is 54.4 cm³/mol. The maximum atomic E-state index is 2.29. The SMILES string of the molecule is CCCCCc1cccc(C)c1. The van der Waals surface area contributed by atoms with Gasteiger partial charge in [-0.05, 0) is 25.3 Å². The third kappa shape index (κ3) is 3.08. The van der Waals surface area contributed by atoms with Crippen LogP contribution in [0.2, 0.25) is 0 Å². The van der Waals surface area contributed by atoms with Crippen LogP contribution in [0.25, 0.3) is 0 Å². The van der Waals surface area contributed by atoms with Crippen LogP contribution in [0.5, 0.6) is 0 Å². The molecule has 1 rings (SSSR count). The second kappa shape index (κ2) is 4.97. The first-order chi connectivity index (χ1) is 5.83. The van der Waals surface area contributed by atoms with Crippen LogP contribution < -0.4 is 0 Å². The highest BCUT2D eigenvalue weighted by Gasteiger charge is 1.92. The Hall–Kier alpha value is -0.780. The molecule has 66 valence electrons. The molecule has 0 radical (unpaired) electrons. The average Bonchev–Trinajstić information content (AvgIpc) is 2.05. The number of hydrogen-bond donors (Lipinski definition) is 0. The lowest BCUT2D eigenvalue weighted by Crippen LogP contribution is -1.85. The summed E-state index contributed by atoms with van der Waals surface area (Å²) in [7, 11) is 0. The average molecular weight is 162 g/mol. The van der Waals surface area contributed by atoms with E-state index in [0.29, 0.717) is 0 Å². The molecule has 0 saturated carbocycles. The molecule has 0 unspecified atom stereocenters. The largest absolute Gasteiger partial charge is 0.0654 e. The van der Waals surface area contributed by atoms with Crippen molar-refractivity contribution in [2.24, 2.45) is 0 Å². The summed E-state index contributed by atoms with van der Waals surface area (Å²) >= 11 is 0. The Morgan fingerprint density at radius 3 is 2.67 bits per heavy atom. The maximum Gasteiger partial charge on any atom is -0.0279 e. The number of unbranched alkanes of at least 4 members (excludes halogenated alkanes) is 2. The molecule has 0 N–H and O–H groups in total. The van der Waals surface area contributed by atoms with Gasteiger partial charge in [0.1, 0.15) is 0 Å².